The van der Waals surface area contributed by atoms with Gasteiger partial charge in [0.1, 0.15) is 0 Å². The van der Waals surface area contributed by atoms with E-state index < -0.39 is 10.0 Å². The van der Waals surface area contributed by atoms with Crippen molar-refractivity contribution in [2.24, 2.45) is 0 Å². The Morgan fingerprint density at radius 3 is 2.60 bits per heavy atom. The fourth-order valence-electron chi connectivity index (χ4n) is 3.64. The summed E-state index contributed by atoms with van der Waals surface area (Å²) in [5.74, 6) is 0. The van der Waals surface area contributed by atoms with Crippen molar-refractivity contribution in [2.45, 2.75) is 30.1 Å². The van der Waals surface area contributed by atoms with E-state index in [4.69, 9.17) is 0 Å². The van der Waals surface area contributed by atoms with E-state index in [1.807, 2.05) is 31.3 Å². The molecule has 2 aromatic carbocycles. The summed E-state index contributed by atoms with van der Waals surface area (Å²) in [6.45, 7) is 2.42. The van der Waals surface area contributed by atoms with Gasteiger partial charge in [-0.2, -0.15) is 0 Å². The summed E-state index contributed by atoms with van der Waals surface area (Å²) in [5, 5.41) is 1.20. The molecule has 1 N–H and O–H groups in total. The third kappa shape index (κ3) is 2.77. The van der Waals surface area contributed by atoms with Gasteiger partial charge in [0.15, 0.2) is 0 Å². The highest BCUT2D eigenvalue weighted by molar-refractivity contribution is 7.89. The van der Waals surface area contributed by atoms with Gasteiger partial charge < -0.3 is 4.98 Å². The van der Waals surface area contributed by atoms with E-state index in [1.165, 1.54) is 15.3 Å². The number of nitrogens with one attached hydrogen (secondary N) is 1. The number of H-pyrrole nitrogens is 1. The van der Waals surface area contributed by atoms with E-state index in [9.17, 15) is 8.42 Å². The average Bonchev–Trinajstić information content (AvgIpc) is 3.23. The zero-order valence-electron chi connectivity index (χ0n) is 14.5. The summed E-state index contributed by atoms with van der Waals surface area (Å²) < 4.78 is 27.4. The molecule has 1 aliphatic rings. The summed E-state index contributed by atoms with van der Waals surface area (Å²) in [5.41, 5.74) is 3.21. The molecule has 0 spiro atoms. The number of hydrogen-bond acceptors (Lipinski definition) is 2. The van der Waals surface area contributed by atoms with Crippen molar-refractivity contribution >= 4 is 20.9 Å². The number of likely N-dealkylation sites (N-methyl/N-ethyl adjacent to an activating group) is 1. The molecule has 5 heteroatoms. The Kier molecular flexibility index (Phi) is 3.74. The molecule has 1 aromatic heterocycles. The molecule has 0 unspecified atom stereocenters. The Morgan fingerprint density at radius 1 is 1.12 bits per heavy atom. The Labute approximate surface area is 148 Å². The number of aromatic nitrogens is 1. The van der Waals surface area contributed by atoms with Gasteiger partial charge in [-0.15, -0.1) is 0 Å². The first-order chi connectivity index (χ1) is 11.9. The maximum atomic E-state index is 12.9. The lowest BCUT2D eigenvalue weighted by Gasteiger charge is -2.23. The Hall–Kier alpha value is -2.11. The summed E-state index contributed by atoms with van der Waals surface area (Å²) >= 11 is 0. The van der Waals surface area contributed by atoms with Crippen LogP contribution in [0.15, 0.2) is 59.6 Å². The lowest BCUT2D eigenvalue weighted by Crippen LogP contribution is -2.34. The van der Waals surface area contributed by atoms with E-state index in [0.717, 1.165) is 23.9 Å². The van der Waals surface area contributed by atoms with E-state index in [0.29, 0.717) is 11.4 Å². The van der Waals surface area contributed by atoms with Crippen molar-refractivity contribution in [2.75, 3.05) is 13.6 Å². The summed E-state index contributed by atoms with van der Waals surface area (Å²) in [6.07, 6.45) is 4.08. The average molecular weight is 354 g/mol. The van der Waals surface area contributed by atoms with Gasteiger partial charge in [0.05, 0.1) is 4.90 Å². The highest BCUT2D eigenvalue weighted by atomic mass is 32.2. The van der Waals surface area contributed by atoms with Crippen molar-refractivity contribution in [3.05, 3.63) is 65.9 Å². The highest BCUT2D eigenvalue weighted by Crippen LogP contribution is 2.51. The zero-order valence-corrected chi connectivity index (χ0v) is 15.3. The number of para-hydroxylation sites is 1. The van der Waals surface area contributed by atoms with Crippen LogP contribution in [0.4, 0.5) is 0 Å². The molecule has 1 fully saturated rings. The lowest BCUT2D eigenvalue weighted by molar-refractivity contribution is 0.428. The fraction of sp³-hybridized carbons (Fsp3) is 0.300. The van der Waals surface area contributed by atoms with Crippen LogP contribution in [0.1, 0.15) is 24.0 Å². The number of aromatic amines is 1. The number of nitrogens with zero attached hydrogens (tertiary/aromatic N) is 1. The van der Waals surface area contributed by atoms with E-state index in [1.54, 1.807) is 25.2 Å². The molecule has 1 saturated carbocycles. The van der Waals surface area contributed by atoms with E-state index >= 15 is 0 Å². The molecule has 130 valence electrons. The Bertz CT molecular complexity index is 1030. The standard InChI is InChI=1S/C20H22N2O2S/c1-15-6-5-7-16(12-15)25(23,24)22(2)14-20(10-11-20)18-13-21-19-9-4-3-8-17(18)19/h3-9,12-13,21H,10-11,14H2,1-2H3. The van der Waals surface area contributed by atoms with Gasteiger partial charge >= 0.3 is 0 Å². The van der Waals surface area contributed by atoms with Gasteiger partial charge in [-0.3, -0.25) is 0 Å². The molecule has 4 rings (SSSR count). The van der Waals surface area contributed by atoms with E-state index in [2.05, 4.69) is 17.1 Å². The zero-order chi connectivity index (χ0) is 17.7. The minimum atomic E-state index is -3.48. The van der Waals surface area contributed by atoms with Crippen LogP contribution < -0.4 is 0 Å². The van der Waals surface area contributed by atoms with Gasteiger partial charge in [-0.25, -0.2) is 12.7 Å². The number of benzene rings is 2. The van der Waals surface area contributed by atoms with Crippen LogP contribution in [0.2, 0.25) is 0 Å². The molecule has 0 saturated heterocycles. The molecular formula is C20H22N2O2S. The number of aryl methyl sites for hydroxylation is 1. The molecule has 4 nitrogen and oxygen atoms in total. The molecule has 1 aliphatic carbocycles. The van der Waals surface area contributed by atoms with Crippen LogP contribution in [0, 0.1) is 6.92 Å². The van der Waals surface area contributed by atoms with Crippen LogP contribution in [0.3, 0.4) is 0 Å². The van der Waals surface area contributed by atoms with Crippen molar-refractivity contribution < 1.29 is 8.42 Å². The SMILES string of the molecule is Cc1cccc(S(=O)(=O)N(C)CC2(c3c[nH]c4ccccc34)CC2)c1. The second-order valence-corrected chi connectivity index (χ2v) is 9.15. The molecule has 0 amide bonds. The minimum absolute atomic E-state index is 0.0781. The van der Waals surface area contributed by atoms with Crippen molar-refractivity contribution in [3.8, 4) is 0 Å². The number of sulfonamides is 1. The van der Waals surface area contributed by atoms with Crippen LogP contribution in [0.5, 0.6) is 0 Å². The third-order valence-electron chi connectivity index (χ3n) is 5.24. The fourth-order valence-corrected chi connectivity index (χ4v) is 5.00. The first-order valence-corrected chi connectivity index (χ1v) is 9.96. The molecule has 0 aliphatic heterocycles. The first kappa shape index (κ1) is 16.4. The molecule has 0 bridgehead atoms. The Morgan fingerprint density at radius 2 is 1.88 bits per heavy atom. The maximum absolute atomic E-state index is 12.9. The number of fused-ring (bicyclic) bond motifs is 1. The predicted octanol–water partition coefficient (Wildman–Crippen LogP) is 3.83. The van der Waals surface area contributed by atoms with Gasteiger partial charge in [0, 0.05) is 36.1 Å². The van der Waals surface area contributed by atoms with Crippen LogP contribution in [-0.4, -0.2) is 31.3 Å². The monoisotopic (exact) mass is 354 g/mol. The summed E-state index contributed by atoms with van der Waals surface area (Å²) in [7, 11) is -1.79. The number of hydrogen-bond donors (Lipinski definition) is 1. The van der Waals surface area contributed by atoms with Crippen LogP contribution >= 0.6 is 0 Å². The van der Waals surface area contributed by atoms with Gasteiger partial charge in [0.25, 0.3) is 0 Å². The third-order valence-corrected chi connectivity index (χ3v) is 7.04. The van der Waals surface area contributed by atoms with Crippen molar-refractivity contribution in [1.82, 2.24) is 9.29 Å². The molecule has 1 heterocycles. The topological polar surface area (TPSA) is 53.2 Å². The van der Waals surface area contributed by atoms with Crippen LogP contribution in [0.25, 0.3) is 10.9 Å². The smallest absolute Gasteiger partial charge is 0.242 e. The molecule has 0 radical (unpaired) electrons. The summed E-state index contributed by atoms with van der Waals surface area (Å²) in [6, 6.07) is 15.3. The van der Waals surface area contributed by atoms with Gasteiger partial charge in [-0.05, 0) is 49.1 Å². The maximum Gasteiger partial charge on any atom is 0.242 e. The van der Waals surface area contributed by atoms with Crippen molar-refractivity contribution in [1.29, 1.82) is 0 Å². The molecule has 25 heavy (non-hydrogen) atoms. The van der Waals surface area contributed by atoms with Crippen molar-refractivity contribution in [3.63, 3.8) is 0 Å². The Balaban J connectivity index is 1.65. The number of rotatable bonds is 5. The van der Waals surface area contributed by atoms with E-state index in [-0.39, 0.29) is 5.41 Å². The van der Waals surface area contributed by atoms with Crippen LogP contribution in [-0.2, 0) is 15.4 Å². The molecule has 3 aromatic rings. The molecular weight excluding hydrogens is 332 g/mol. The largest absolute Gasteiger partial charge is 0.361 e. The summed E-state index contributed by atoms with van der Waals surface area (Å²) in [4.78, 5) is 3.68. The molecule has 0 atom stereocenters. The van der Waals surface area contributed by atoms with Gasteiger partial charge in [0.2, 0.25) is 10.0 Å². The first-order valence-electron chi connectivity index (χ1n) is 8.52. The van der Waals surface area contributed by atoms with Gasteiger partial charge in [-0.1, -0.05) is 30.3 Å². The lowest BCUT2D eigenvalue weighted by atomic mass is 9.95. The quantitative estimate of drug-likeness (QED) is 0.757. The highest BCUT2D eigenvalue weighted by Gasteiger charge is 2.48. The minimum Gasteiger partial charge on any atom is -0.361 e. The normalized spacial score (nSPS) is 16.4. The predicted molar refractivity (Wildman–Crippen MR) is 100 cm³/mol. The second-order valence-electron chi connectivity index (χ2n) is 7.11. The second kappa shape index (κ2) is 5.71.